The van der Waals surface area contributed by atoms with Gasteiger partial charge in [-0.25, -0.2) is 14.8 Å². The molecule has 0 aliphatic carbocycles. The summed E-state index contributed by atoms with van der Waals surface area (Å²) in [6.45, 7) is 4.12. The minimum absolute atomic E-state index is 0.136. The van der Waals surface area contributed by atoms with Crippen molar-refractivity contribution in [3.8, 4) is 22.4 Å². The third kappa shape index (κ3) is 6.14. The van der Waals surface area contributed by atoms with Crippen LogP contribution in [-0.4, -0.2) is 40.1 Å². The number of anilines is 1. The lowest BCUT2D eigenvalue weighted by Gasteiger charge is -2.18. The van der Waals surface area contributed by atoms with Crippen molar-refractivity contribution in [1.29, 1.82) is 0 Å². The van der Waals surface area contributed by atoms with Crippen LogP contribution in [0.4, 0.5) is 9.93 Å². The first-order valence-corrected chi connectivity index (χ1v) is 14.7. The molecule has 10 nitrogen and oxygen atoms in total. The van der Waals surface area contributed by atoms with Crippen LogP contribution in [0.1, 0.15) is 30.2 Å². The maximum absolute atomic E-state index is 12.9. The van der Waals surface area contributed by atoms with E-state index >= 15 is 0 Å². The van der Waals surface area contributed by atoms with Gasteiger partial charge in [0.25, 0.3) is 10.1 Å². The molecule has 4 aromatic heterocycles. The summed E-state index contributed by atoms with van der Waals surface area (Å²) >= 11 is 1.19. The second kappa shape index (κ2) is 10.9. The Morgan fingerprint density at radius 3 is 2.44 bits per heavy atom. The summed E-state index contributed by atoms with van der Waals surface area (Å²) < 4.78 is 30.5. The van der Waals surface area contributed by atoms with Crippen molar-refractivity contribution >= 4 is 38.3 Å². The Morgan fingerprint density at radius 1 is 1.03 bits per heavy atom. The lowest BCUT2D eigenvalue weighted by atomic mass is 10.1. The molecule has 0 atom stereocenters. The average Bonchev–Trinajstić information content (AvgIpc) is 3.58. The van der Waals surface area contributed by atoms with E-state index in [1.807, 2.05) is 79.2 Å². The predicted octanol–water partition coefficient (Wildman–Crippen LogP) is 5.25. The number of hydroxylamine groups is 1. The Labute approximate surface area is 230 Å². The number of benzene rings is 1. The standard InChI is InChI=1S/C27H26N6O4S2/c1-18(2)24-17-31-27(38-24)33(37-39(3,35)36)26(34)30-15-19-4-6-21(7-5-19)23-16-29-25-14-22(10-13-32(23)25)20-8-11-28-12-9-20/h4-14,16-18H,15H2,1-3H3,(H,30,34). The van der Waals surface area contributed by atoms with Crippen LogP contribution in [0.2, 0.25) is 0 Å². The summed E-state index contributed by atoms with van der Waals surface area (Å²) in [5.74, 6) is 0.175. The highest BCUT2D eigenvalue weighted by Gasteiger charge is 2.25. The monoisotopic (exact) mass is 562 g/mol. The van der Waals surface area contributed by atoms with Gasteiger partial charge in [-0.15, -0.1) is 9.35 Å². The molecule has 5 rings (SSSR count). The molecule has 2 amide bonds. The van der Waals surface area contributed by atoms with E-state index in [0.29, 0.717) is 5.06 Å². The van der Waals surface area contributed by atoms with E-state index < -0.39 is 16.1 Å². The van der Waals surface area contributed by atoms with Crippen molar-refractivity contribution in [1.82, 2.24) is 24.7 Å². The smallest absolute Gasteiger partial charge is 0.332 e. The first-order valence-electron chi connectivity index (χ1n) is 12.1. The van der Waals surface area contributed by atoms with Crippen LogP contribution >= 0.6 is 11.3 Å². The van der Waals surface area contributed by atoms with Gasteiger partial charge in [-0.2, -0.15) is 8.42 Å². The molecule has 0 saturated heterocycles. The fourth-order valence-electron chi connectivity index (χ4n) is 3.89. The quantitative estimate of drug-likeness (QED) is 0.257. The van der Waals surface area contributed by atoms with Crippen LogP contribution < -0.4 is 10.4 Å². The molecule has 0 aliphatic rings. The molecule has 1 N–H and O–H groups in total. The number of thiazole rings is 1. The molecule has 200 valence electrons. The fraction of sp³-hybridized carbons (Fsp3) is 0.185. The Kier molecular flexibility index (Phi) is 7.42. The van der Waals surface area contributed by atoms with Gasteiger partial charge < -0.3 is 5.32 Å². The van der Waals surface area contributed by atoms with E-state index in [9.17, 15) is 13.2 Å². The first-order chi connectivity index (χ1) is 18.7. The summed E-state index contributed by atoms with van der Waals surface area (Å²) in [5.41, 5.74) is 5.66. The molecule has 0 aliphatic heterocycles. The molecule has 0 spiro atoms. The van der Waals surface area contributed by atoms with Gasteiger partial charge in [-0.05, 0) is 46.9 Å². The zero-order valence-corrected chi connectivity index (χ0v) is 23.1. The SMILES string of the molecule is CC(C)c1cnc(N(OS(C)(=O)=O)C(=O)NCc2ccc(-c3cnc4cc(-c5ccncc5)ccn34)cc2)s1. The molecule has 5 aromatic rings. The normalized spacial score (nSPS) is 11.7. The third-order valence-corrected chi connectivity index (χ3v) is 7.56. The van der Waals surface area contributed by atoms with E-state index in [1.54, 1.807) is 18.6 Å². The molecule has 0 radical (unpaired) electrons. The number of aromatic nitrogens is 4. The molecule has 39 heavy (non-hydrogen) atoms. The Hall–Kier alpha value is -4.13. The van der Waals surface area contributed by atoms with Crippen LogP contribution in [0, 0.1) is 0 Å². The number of amides is 2. The largest absolute Gasteiger partial charge is 0.349 e. The van der Waals surface area contributed by atoms with Gasteiger partial charge in [0, 0.05) is 41.8 Å². The molecule has 0 bridgehead atoms. The number of hydrogen-bond acceptors (Lipinski definition) is 8. The first kappa shape index (κ1) is 26.5. The molecule has 0 saturated carbocycles. The van der Waals surface area contributed by atoms with Crippen LogP contribution in [0.3, 0.4) is 0 Å². The third-order valence-electron chi connectivity index (χ3n) is 5.87. The molecular weight excluding hydrogens is 536 g/mol. The second-order valence-corrected chi connectivity index (χ2v) is 11.7. The predicted molar refractivity (Wildman–Crippen MR) is 151 cm³/mol. The zero-order chi connectivity index (χ0) is 27.6. The molecule has 0 unspecified atom stereocenters. The van der Waals surface area contributed by atoms with Crippen LogP contribution in [-0.2, 0) is 20.9 Å². The molecule has 12 heteroatoms. The Morgan fingerprint density at radius 2 is 1.77 bits per heavy atom. The Balaban J connectivity index is 1.29. The van der Waals surface area contributed by atoms with E-state index in [2.05, 4.69) is 20.3 Å². The molecule has 4 heterocycles. The molecule has 1 aromatic carbocycles. The van der Waals surface area contributed by atoms with Crippen molar-refractivity contribution < 1.29 is 17.5 Å². The lowest BCUT2D eigenvalue weighted by Crippen LogP contribution is -2.41. The van der Waals surface area contributed by atoms with Gasteiger partial charge in [-0.1, -0.05) is 49.4 Å². The van der Waals surface area contributed by atoms with Gasteiger partial charge in [0.05, 0.1) is 18.1 Å². The maximum Gasteiger partial charge on any atom is 0.349 e. The van der Waals surface area contributed by atoms with Crippen LogP contribution in [0.5, 0.6) is 0 Å². The van der Waals surface area contributed by atoms with E-state index in [-0.39, 0.29) is 17.6 Å². The number of pyridine rings is 2. The molecular formula is C27H26N6O4S2. The number of carbonyl (C=O) groups is 1. The summed E-state index contributed by atoms with van der Waals surface area (Å²) in [4.78, 5) is 26.6. The van der Waals surface area contributed by atoms with Gasteiger partial charge in [0.15, 0.2) is 0 Å². The van der Waals surface area contributed by atoms with Gasteiger partial charge in [0.1, 0.15) is 5.65 Å². The number of nitrogens with zero attached hydrogens (tertiary/aromatic N) is 5. The van der Waals surface area contributed by atoms with E-state index in [0.717, 1.165) is 44.7 Å². The summed E-state index contributed by atoms with van der Waals surface area (Å²) in [6.07, 6.45) is 9.82. The van der Waals surface area contributed by atoms with Crippen molar-refractivity contribution in [2.75, 3.05) is 11.3 Å². The highest BCUT2D eigenvalue weighted by Crippen LogP contribution is 2.29. The van der Waals surface area contributed by atoms with Crippen molar-refractivity contribution in [2.45, 2.75) is 26.3 Å². The zero-order valence-electron chi connectivity index (χ0n) is 21.5. The second-order valence-electron chi connectivity index (χ2n) is 9.15. The molecule has 0 fully saturated rings. The van der Waals surface area contributed by atoms with Gasteiger partial charge in [-0.3, -0.25) is 9.38 Å². The number of fused-ring (bicyclic) bond motifs is 1. The maximum atomic E-state index is 12.9. The summed E-state index contributed by atoms with van der Waals surface area (Å²) in [5, 5.41) is 3.52. The van der Waals surface area contributed by atoms with Crippen LogP contribution in [0.25, 0.3) is 28.0 Å². The topological polar surface area (TPSA) is 119 Å². The van der Waals surface area contributed by atoms with Crippen molar-refractivity contribution in [2.24, 2.45) is 0 Å². The van der Waals surface area contributed by atoms with Gasteiger partial charge in [0.2, 0.25) is 5.13 Å². The van der Waals surface area contributed by atoms with Gasteiger partial charge >= 0.3 is 6.03 Å². The van der Waals surface area contributed by atoms with Crippen molar-refractivity contribution in [3.63, 3.8) is 0 Å². The number of rotatable bonds is 8. The minimum Gasteiger partial charge on any atom is -0.332 e. The number of nitrogens with one attached hydrogen (secondary N) is 1. The highest BCUT2D eigenvalue weighted by atomic mass is 32.2. The van der Waals surface area contributed by atoms with Crippen LogP contribution in [0.15, 0.2) is 79.5 Å². The minimum atomic E-state index is -3.96. The Bertz CT molecular complexity index is 1710. The summed E-state index contributed by atoms with van der Waals surface area (Å²) in [7, 11) is -3.96. The highest BCUT2D eigenvalue weighted by molar-refractivity contribution is 7.86. The fourth-order valence-corrected chi connectivity index (χ4v) is 5.20. The van der Waals surface area contributed by atoms with E-state index in [1.165, 1.54) is 11.3 Å². The number of carbonyl (C=O) groups excluding carboxylic acids is 1. The van der Waals surface area contributed by atoms with E-state index in [4.69, 9.17) is 4.28 Å². The lowest BCUT2D eigenvalue weighted by molar-refractivity contribution is 0.215. The number of hydrogen-bond donors (Lipinski definition) is 1. The number of imidazole rings is 1. The average molecular weight is 563 g/mol. The summed E-state index contributed by atoms with van der Waals surface area (Å²) in [6, 6.07) is 14.9. The number of urea groups is 1. The van der Waals surface area contributed by atoms with Crippen molar-refractivity contribution in [3.05, 3.63) is 90.0 Å².